The van der Waals surface area contributed by atoms with Crippen molar-refractivity contribution in [1.82, 2.24) is 5.32 Å². The first-order chi connectivity index (χ1) is 11.4. The van der Waals surface area contributed by atoms with E-state index in [0.29, 0.717) is 41.0 Å². The number of nitrogens with zero attached hydrogens (tertiary/aromatic N) is 1. The highest BCUT2D eigenvalue weighted by Crippen LogP contribution is 2.43. The van der Waals surface area contributed by atoms with Crippen LogP contribution < -0.4 is 10.1 Å². The van der Waals surface area contributed by atoms with Gasteiger partial charge in [0.25, 0.3) is 0 Å². The van der Waals surface area contributed by atoms with Gasteiger partial charge in [-0.15, -0.1) is 0 Å². The maximum absolute atomic E-state index is 13.2. The minimum Gasteiger partial charge on any atom is -0.488 e. The predicted octanol–water partition coefficient (Wildman–Crippen LogP) is 3.77. The van der Waals surface area contributed by atoms with E-state index in [1.807, 2.05) is 6.07 Å². The van der Waals surface area contributed by atoms with Crippen LogP contribution in [-0.4, -0.2) is 19.7 Å². The van der Waals surface area contributed by atoms with Gasteiger partial charge in [0.2, 0.25) is 0 Å². The Morgan fingerprint density at radius 2 is 1.96 bits per heavy atom. The summed E-state index contributed by atoms with van der Waals surface area (Å²) in [6.07, 6.45) is -4.17. The molecule has 0 bridgehead atoms. The molecule has 24 heavy (non-hydrogen) atoms. The van der Waals surface area contributed by atoms with Gasteiger partial charge in [0.05, 0.1) is 17.2 Å². The second-order valence-corrected chi connectivity index (χ2v) is 5.70. The average molecular weight is 332 g/mol. The number of halogens is 3. The first kappa shape index (κ1) is 16.3. The fraction of sp³-hybridized carbons (Fsp3) is 0.278. The van der Waals surface area contributed by atoms with Gasteiger partial charge in [0.1, 0.15) is 11.9 Å². The summed E-state index contributed by atoms with van der Waals surface area (Å²) in [5.41, 5.74) is 1.33. The zero-order chi connectivity index (χ0) is 17.3. The normalized spacial score (nSPS) is 16.4. The molecule has 2 aromatic carbocycles. The molecule has 2 aromatic rings. The molecular formula is C18H15F3N2O. The highest BCUT2D eigenvalue weighted by Gasteiger charge is 2.35. The van der Waals surface area contributed by atoms with Crippen LogP contribution in [0.2, 0.25) is 0 Å². The van der Waals surface area contributed by atoms with Crippen molar-refractivity contribution in [3.8, 4) is 22.9 Å². The van der Waals surface area contributed by atoms with Gasteiger partial charge in [-0.05, 0) is 42.4 Å². The van der Waals surface area contributed by atoms with Crippen LogP contribution in [0.4, 0.5) is 13.2 Å². The van der Waals surface area contributed by atoms with Crippen LogP contribution in [0.15, 0.2) is 36.4 Å². The second-order valence-electron chi connectivity index (χ2n) is 5.70. The molecule has 0 saturated heterocycles. The van der Waals surface area contributed by atoms with Gasteiger partial charge in [-0.2, -0.15) is 18.4 Å². The number of hydrogen-bond donors (Lipinski definition) is 1. The lowest BCUT2D eigenvalue weighted by Gasteiger charge is -2.14. The SMILES string of the molecule is CNCC1Cc2cc(C(F)(F)F)cc(-c3ccc(C#N)cc3)c2O1. The van der Waals surface area contributed by atoms with E-state index in [-0.39, 0.29) is 6.10 Å². The molecule has 1 N–H and O–H groups in total. The van der Waals surface area contributed by atoms with Crippen LogP contribution >= 0.6 is 0 Å². The van der Waals surface area contributed by atoms with Gasteiger partial charge in [-0.3, -0.25) is 0 Å². The summed E-state index contributed by atoms with van der Waals surface area (Å²) in [5.74, 6) is 0.493. The molecule has 0 fully saturated rings. The summed E-state index contributed by atoms with van der Waals surface area (Å²) < 4.78 is 45.5. The van der Waals surface area contributed by atoms with E-state index >= 15 is 0 Å². The van der Waals surface area contributed by atoms with E-state index in [4.69, 9.17) is 10.00 Å². The van der Waals surface area contributed by atoms with Gasteiger partial charge in [-0.1, -0.05) is 12.1 Å². The molecule has 0 radical (unpaired) electrons. The average Bonchev–Trinajstić information content (AvgIpc) is 2.96. The first-order valence-corrected chi connectivity index (χ1v) is 7.48. The Balaban J connectivity index is 2.10. The molecule has 6 heteroatoms. The third kappa shape index (κ3) is 3.08. The largest absolute Gasteiger partial charge is 0.488 e. The highest BCUT2D eigenvalue weighted by molar-refractivity contribution is 5.74. The Morgan fingerprint density at radius 3 is 2.54 bits per heavy atom. The molecule has 1 atom stereocenters. The molecule has 1 aliphatic heterocycles. The highest BCUT2D eigenvalue weighted by atomic mass is 19.4. The minimum atomic E-state index is -4.42. The van der Waals surface area contributed by atoms with E-state index in [0.717, 1.165) is 12.1 Å². The Labute approximate surface area is 137 Å². The van der Waals surface area contributed by atoms with Crippen molar-refractivity contribution in [2.75, 3.05) is 13.6 Å². The molecule has 0 amide bonds. The van der Waals surface area contributed by atoms with Crippen molar-refractivity contribution in [3.05, 3.63) is 53.1 Å². The molecule has 0 saturated carbocycles. The zero-order valence-corrected chi connectivity index (χ0v) is 12.9. The van der Waals surface area contributed by atoms with Crippen LogP contribution in [0.3, 0.4) is 0 Å². The number of ether oxygens (including phenoxy) is 1. The standard InChI is InChI=1S/C18H15F3N2O/c1-23-10-15-7-13-6-14(18(19,20)21)8-16(17(13)24-15)12-4-2-11(9-22)3-5-12/h2-6,8,15,23H,7,10H2,1H3. The molecule has 1 aliphatic rings. The molecule has 1 heterocycles. The van der Waals surface area contributed by atoms with Crippen LogP contribution in [0.5, 0.6) is 5.75 Å². The summed E-state index contributed by atoms with van der Waals surface area (Å²) in [6.45, 7) is 0.558. The van der Waals surface area contributed by atoms with Crippen molar-refractivity contribution >= 4 is 0 Å². The van der Waals surface area contributed by atoms with Gasteiger partial charge in [0.15, 0.2) is 0 Å². The van der Waals surface area contributed by atoms with Crippen molar-refractivity contribution in [2.24, 2.45) is 0 Å². The monoisotopic (exact) mass is 332 g/mol. The smallest absolute Gasteiger partial charge is 0.416 e. The van der Waals surface area contributed by atoms with Crippen LogP contribution in [0.25, 0.3) is 11.1 Å². The fourth-order valence-corrected chi connectivity index (χ4v) is 2.88. The quantitative estimate of drug-likeness (QED) is 0.931. The fourth-order valence-electron chi connectivity index (χ4n) is 2.88. The maximum Gasteiger partial charge on any atom is 0.416 e. The number of likely N-dealkylation sites (N-methyl/N-ethyl adjacent to an activating group) is 1. The van der Waals surface area contributed by atoms with Crippen molar-refractivity contribution < 1.29 is 17.9 Å². The van der Waals surface area contributed by atoms with E-state index in [1.165, 1.54) is 0 Å². The molecule has 3 nitrogen and oxygen atoms in total. The number of hydrogen-bond acceptors (Lipinski definition) is 3. The van der Waals surface area contributed by atoms with Crippen LogP contribution in [0, 0.1) is 11.3 Å². The third-order valence-electron chi connectivity index (χ3n) is 3.98. The van der Waals surface area contributed by atoms with E-state index in [9.17, 15) is 13.2 Å². The molecule has 3 rings (SSSR count). The predicted molar refractivity (Wildman–Crippen MR) is 83.6 cm³/mol. The number of nitrogens with one attached hydrogen (secondary N) is 1. The summed E-state index contributed by atoms with van der Waals surface area (Å²) >= 11 is 0. The number of nitriles is 1. The molecule has 0 aliphatic carbocycles. The van der Waals surface area contributed by atoms with Gasteiger partial charge in [0, 0.05) is 18.5 Å². The molecule has 1 unspecified atom stereocenters. The van der Waals surface area contributed by atoms with Gasteiger partial charge < -0.3 is 10.1 Å². The summed E-state index contributed by atoms with van der Waals surface area (Å²) in [6, 6.07) is 10.7. The molecule has 0 aromatic heterocycles. The Morgan fingerprint density at radius 1 is 1.25 bits per heavy atom. The Kier molecular flexibility index (Phi) is 4.20. The topological polar surface area (TPSA) is 45.0 Å². The minimum absolute atomic E-state index is 0.189. The van der Waals surface area contributed by atoms with E-state index in [2.05, 4.69) is 5.32 Å². The van der Waals surface area contributed by atoms with Crippen molar-refractivity contribution in [2.45, 2.75) is 18.7 Å². The van der Waals surface area contributed by atoms with Gasteiger partial charge >= 0.3 is 6.18 Å². The summed E-state index contributed by atoms with van der Waals surface area (Å²) in [5, 5.41) is 11.8. The van der Waals surface area contributed by atoms with E-state index < -0.39 is 11.7 Å². The summed E-state index contributed by atoms with van der Waals surface area (Å²) in [7, 11) is 1.77. The molecule has 124 valence electrons. The van der Waals surface area contributed by atoms with E-state index in [1.54, 1.807) is 31.3 Å². The maximum atomic E-state index is 13.2. The molecule has 0 spiro atoms. The number of benzene rings is 2. The van der Waals surface area contributed by atoms with Crippen LogP contribution in [-0.2, 0) is 12.6 Å². The van der Waals surface area contributed by atoms with Crippen LogP contribution in [0.1, 0.15) is 16.7 Å². The van der Waals surface area contributed by atoms with Crippen molar-refractivity contribution in [3.63, 3.8) is 0 Å². The first-order valence-electron chi connectivity index (χ1n) is 7.48. The number of fused-ring (bicyclic) bond motifs is 1. The lowest BCUT2D eigenvalue weighted by atomic mass is 9.96. The second kappa shape index (κ2) is 6.17. The summed E-state index contributed by atoms with van der Waals surface area (Å²) in [4.78, 5) is 0. The molecular weight excluding hydrogens is 317 g/mol. The van der Waals surface area contributed by atoms with Crippen molar-refractivity contribution in [1.29, 1.82) is 5.26 Å². The zero-order valence-electron chi connectivity index (χ0n) is 12.9. The lowest BCUT2D eigenvalue weighted by molar-refractivity contribution is -0.137. The Hall–Kier alpha value is -2.52. The third-order valence-corrected chi connectivity index (χ3v) is 3.98. The number of alkyl halides is 3. The van der Waals surface area contributed by atoms with Gasteiger partial charge in [-0.25, -0.2) is 0 Å². The Bertz CT molecular complexity index is 792. The number of rotatable bonds is 3. The lowest BCUT2D eigenvalue weighted by Crippen LogP contribution is -2.27.